The zero-order valence-corrected chi connectivity index (χ0v) is 11.2. The van der Waals surface area contributed by atoms with E-state index in [9.17, 15) is 4.79 Å². The van der Waals surface area contributed by atoms with Crippen LogP contribution in [0.25, 0.3) is 0 Å². The number of carbonyl (C=O) groups excluding carboxylic acids is 1. The van der Waals surface area contributed by atoms with Gasteiger partial charge < -0.3 is 9.64 Å². The predicted molar refractivity (Wildman–Crippen MR) is 71.7 cm³/mol. The molecule has 3 heteroatoms. The first-order chi connectivity index (χ1) is 6.83. The lowest BCUT2D eigenvalue weighted by molar-refractivity contribution is -0.138. The molecule has 0 bridgehead atoms. The van der Waals surface area contributed by atoms with E-state index in [0.717, 1.165) is 0 Å². The maximum atomic E-state index is 9.60. The quantitative estimate of drug-likeness (QED) is 0.539. The summed E-state index contributed by atoms with van der Waals surface area (Å²) in [5.74, 6) is 0. The molecule has 0 rings (SSSR count). The van der Waals surface area contributed by atoms with Gasteiger partial charge in [0, 0.05) is 0 Å². The van der Waals surface area contributed by atoms with Crippen molar-refractivity contribution in [3.05, 3.63) is 0 Å². The van der Waals surface area contributed by atoms with E-state index in [4.69, 9.17) is 0 Å². The third kappa shape index (κ3) is 29.2. The first-order valence-corrected chi connectivity index (χ1v) is 5.59. The van der Waals surface area contributed by atoms with Crippen molar-refractivity contribution in [3.63, 3.8) is 0 Å². The second-order valence-electron chi connectivity index (χ2n) is 4.84. The Kier molecular flexibility index (Phi) is 16.2. The summed E-state index contributed by atoms with van der Waals surface area (Å²) in [5.41, 5.74) is -0.318. The van der Waals surface area contributed by atoms with Gasteiger partial charge in [0.2, 0.25) is 0 Å². The minimum absolute atomic E-state index is 0. The average molecular weight is 233 g/mol. The lowest BCUT2D eigenvalue weighted by atomic mass is 10.2. The summed E-state index contributed by atoms with van der Waals surface area (Å²) < 4.78 is 4.55. The molecule has 0 N–H and O–H groups in total. The Morgan fingerprint density at radius 1 is 1.19 bits per heavy atom. The molecule has 0 aromatic rings. The molecule has 0 aliphatic carbocycles. The molecular formula is C13H31NO2. The lowest BCUT2D eigenvalue weighted by Crippen LogP contribution is -2.17. The predicted octanol–water partition coefficient (Wildman–Crippen LogP) is 3.33. The molecule has 0 saturated carbocycles. The second-order valence-corrected chi connectivity index (χ2v) is 4.84. The van der Waals surface area contributed by atoms with Crippen molar-refractivity contribution >= 4 is 6.47 Å². The second kappa shape index (κ2) is 12.5. The van der Waals surface area contributed by atoms with Crippen molar-refractivity contribution in [2.45, 2.75) is 60.0 Å². The monoisotopic (exact) mass is 233 g/mol. The number of rotatable bonds is 5. The van der Waals surface area contributed by atoms with Crippen LogP contribution in [0.4, 0.5) is 0 Å². The van der Waals surface area contributed by atoms with Gasteiger partial charge >= 0.3 is 0 Å². The van der Waals surface area contributed by atoms with Crippen LogP contribution in [0, 0.1) is 0 Å². The van der Waals surface area contributed by atoms with E-state index in [-0.39, 0.29) is 13.0 Å². The fraction of sp³-hybridized carbons (Fsp3) is 0.923. The molecule has 0 amide bonds. The van der Waals surface area contributed by atoms with Gasteiger partial charge in [-0.15, -0.1) is 0 Å². The van der Waals surface area contributed by atoms with Gasteiger partial charge in [-0.3, -0.25) is 4.79 Å². The van der Waals surface area contributed by atoms with Gasteiger partial charge in [-0.2, -0.15) is 0 Å². The van der Waals surface area contributed by atoms with Crippen molar-refractivity contribution in [2.75, 3.05) is 20.6 Å². The summed E-state index contributed by atoms with van der Waals surface area (Å²) >= 11 is 0. The van der Waals surface area contributed by atoms with Crippen LogP contribution >= 0.6 is 0 Å². The van der Waals surface area contributed by atoms with Gasteiger partial charge in [0.05, 0.1) is 0 Å². The Hall–Kier alpha value is -0.570. The van der Waals surface area contributed by atoms with Gasteiger partial charge in [-0.05, 0) is 47.8 Å². The minimum atomic E-state index is -0.318. The van der Waals surface area contributed by atoms with Crippen LogP contribution in [0.15, 0.2) is 0 Å². The van der Waals surface area contributed by atoms with E-state index in [1.54, 1.807) is 0 Å². The van der Waals surface area contributed by atoms with Crippen LogP contribution in [0.1, 0.15) is 54.4 Å². The van der Waals surface area contributed by atoms with Crippen molar-refractivity contribution in [1.29, 1.82) is 0 Å². The van der Waals surface area contributed by atoms with E-state index >= 15 is 0 Å². The normalized spacial score (nSPS) is 9.94. The standard InChI is InChI=1S/C7H17N.C5H10O2.CH4/c1-4-5-6-7-8(2)3;1-5(2,3)7-4-6;/h4-7H2,1-3H3;4H,1-3H3;1H4. The summed E-state index contributed by atoms with van der Waals surface area (Å²) in [6.45, 7) is 9.40. The molecule has 100 valence electrons. The molecule has 3 nitrogen and oxygen atoms in total. The zero-order valence-electron chi connectivity index (χ0n) is 11.2. The Morgan fingerprint density at radius 3 is 1.88 bits per heavy atom. The van der Waals surface area contributed by atoms with Gasteiger partial charge in [0.15, 0.2) is 0 Å². The largest absolute Gasteiger partial charge is 0.462 e. The summed E-state index contributed by atoms with van der Waals surface area (Å²) in [6, 6.07) is 0. The molecule has 0 radical (unpaired) electrons. The third-order valence-electron chi connectivity index (χ3n) is 1.61. The van der Waals surface area contributed by atoms with Gasteiger partial charge in [-0.1, -0.05) is 27.2 Å². The van der Waals surface area contributed by atoms with Gasteiger partial charge in [-0.25, -0.2) is 0 Å². The minimum Gasteiger partial charge on any atom is -0.462 e. The maximum absolute atomic E-state index is 9.60. The fourth-order valence-electron chi connectivity index (χ4n) is 0.822. The third-order valence-corrected chi connectivity index (χ3v) is 1.61. The number of hydrogen-bond acceptors (Lipinski definition) is 3. The van der Waals surface area contributed by atoms with Crippen molar-refractivity contribution in [2.24, 2.45) is 0 Å². The molecule has 0 fully saturated rings. The molecule has 16 heavy (non-hydrogen) atoms. The Labute approximate surface area is 102 Å². The summed E-state index contributed by atoms with van der Waals surface area (Å²) in [7, 11) is 4.24. The summed E-state index contributed by atoms with van der Waals surface area (Å²) in [4.78, 5) is 11.8. The summed E-state index contributed by atoms with van der Waals surface area (Å²) in [6.07, 6.45) is 4.05. The van der Waals surface area contributed by atoms with Crippen molar-refractivity contribution < 1.29 is 9.53 Å². The highest BCUT2D eigenvalue weighted by Gasteiger charge is 2.07. The average Bonchev–Trinajstić information content (AvgIpc) is 2.02. The van der Waals surface area contributed by atoms with E-state index in [2.05, 4.69) is 30.7 Å². The molecule has 0 aliphatic rings. The zero-order chi connectivity index (χ0) is 12.3. The SMILES string of the molecule is C.CC(C)(C)OC=O.CCCCCN(C)C. The Balaban J connectivity index is -0.000000200. The fourth-order valence-corrected chi connectivity index (χ4v) is 0.822. The molecule has 0 heterocycles. The molecule has 0 unspecified atom stereocenters. The number of nitrogens with zero attached hydrogens (tertiary/aromatic N) is 1. The lowest BCUT2D eigenvalue weighted by Gasteiger charge is -2.14. The topological polar surface area (TPSA) is 29.5 Å². The Bertz CT molecular complexity index is 139. The highest BCUT2D eigenvalue weighted by molar-refractivity contribution is 5.37. The molecule has 0 spiro atoms. The number of unbranched alkanes of at least 4 members (excludes halogenated alkanes) is 2. The first-order valence-electron chi connectivity index (χ1n) is 5.59. The highest BCUT2D eigenvalue weighted by Crippen LogP contribution is 2.02. The van der Waals surface area contributed by atoms with Crippen molar-refractivity contribution in [1.82, 2.24) is 4.90 Å². The first kappa shape index (κ1) is 20.8. The molecule has 0 aromatic carbocycles. The van der Waals surface area contributed by atoms with Crippen LogP contribution in [0.5, 0.6) is 0 Å². The van der Waals surface area contributed by atoms with Gasteiger partial charge in [0.1, 0.15) is 5.60 Å². The highest BCUT2D eigenvalue weighted by atomic mass is 16.5. The van der Waals surface area contributed by atoms with Gasteiger partial charge in [0.25, 0.3) is 6.47 Å². The summed E-state index contributed by atoms with van der Waals surface area (Å²) in [5, 5.41) is 0. The molecular weight excluding hydrogens is 202 g/mol. The smallest absolute Gasteiger partial charge is 0.293 e. The molecule has 0 atom stereocenters. The van der Waals surface area contributed by atoms with Crippen LogP contribution in [0.2, 0.25) is 0 Å². The van der Waals surface area contributed by atoms with Crippen LogP contribution in [-0.4, -0.2) is 37.6 Å². The maximum Gasteiger partial charge on any atom is 0.293 e. The van der Waals surface area contributed by atoms with E-state index in [0.29, 0.717) is 6.47 Å². The van der Waals surface area contributed by atoms with Crippen LogP contribution in [0.3, 0.4) is 0 Å². The van der Waals surface area contributed by atoms with Crippen LogP contribution in [-0.2, 0) is 9.53 Å². The number of ether oxygens (including phenoxy) is 1. The number of hydrogen-bond donors (Lipinski definition) is 0. The van der Waals surface area contributed by atoms with Crippen LogP contribution < -0.4 is 0 Å². The van der Waals surface area contributed by atoms with E-state index in [1.165, 1.54) is 25.8 Å². The molecule has 0 aliphatic heterocycles. The van der Waals surface area contributed by atoms with Crippen molar-refractivity contribution in [3.8, 4) is 0 Å². The molecule has 0 aromatic heterocycles. The van der Waals surface area contributed by atoms with E-state index < -0.39 is 0 Å². The molecule has 0 saturated heterocycles. The Morgan fingerprint density at radius 2 is 1.69 bits per heavy atom. The van der Waals surface area contributed by atoms with E-state index in [1.807, 2.05) is 20.8 Å². The number of carbonyl (C=O) groups is 1.